The van der Waals surface area contributed by atoms with E-state index >= 15 is 0 Å². The predicted molar refractivity (Wildman–Crippen MR) is 83.7 cm³/mol. The van der Waals surface area contributed by atoms with Crippen LogP contribution in [0.25, 0.3) is 0 Å². The largest absolute Gasteiger partial charge is 0.393 e. The summed E-state index contributed by atoms with van der Waals surface area (Å²) in [6.45, 7) is 4.90. The van der Waals surface area contributed by atoms with Crippen LogP contribution in [0.5, 0.6) is 0 Å². The van der Waals surface area contributed by atoms with Gasteiger partial charge in [-0.15, -0.1) is 0 Å². The van der Waals surface area contributed by atoms with Gasteiger partial charge in [0.25, 0.3) is 0 Å². The summed E-state index contributed by atoms with van der Waals surface area (Å²) in [6.07, 6.45) is 10.7. The molecular weight excluding hydrogens is 260 g/mol. The Hall–Kier alpha value is -0.0800. The highest BCUT2D eigenvalue weighted by molar-refractivity contribution is 5.09. The Labute approximate surface area is 129 Å². The molecule has 0 aromatic carbocycles. The highest BCUT2D eigenvalue weighted by atomic mass is 16.3. The number of fused-ring (bicyclic) bond motifs is 5. The molecule has 0 unspecified atom stereocenters. The molecule has 0 radical (unpaired) electrons. The van der Waals surface area contributed by atoms with Crippen LogP contribution < -0.4 is 0 Å². The molecule has 4 fully saturated rings. The summed E-state index contributed by atoms with van der Waals surface area (Å²) in [7, 11) is 0. The molecule has 0 bridgehead atoms. The van der Waals surface area contributed by atoms with Gasteiger partial charge in [0, 0.05) is 0 Å². The van der Waals surface area contributed by atoms with Crippen molar-refractivity contribution in [3.05, 3.63) is 0 Å². The van der Waals surface area contributed by atoms with Crippen molar-refractivity contribution >= 4 is 0 Å². The van der Waals surface area contributed by atoms with E-state index in [0.29, 0.717) is 5.41 Å². The van der Waals surface area contributed by atoms with E-state index < -0.39 is 0 Å². The lowest BCUT2D eigenvalue weighted by atomic mass is 9.45. The van der Waals surface area contributed by atoms with Crippen molar-refractivity contribution in [1.29, 1.82) is 0 Å². The van der Waals surface area contributed by atoms with Gasteiger partial charge < -0.3 is 10.2 Å². The zero-order chi connectivity index (χ0) is 14.8. The van der Waals surface area contributed by atoms with Crippen molar-refractivity contribution in [2.75, 3.05) is 0 Å². The van der Waals surface area contributed by atoms with Crippen LogP contribution in [0.1, 0.15) is 71.6 Å². The van der Waals surface area contributed by atoms with Crippen molar-refractivity contribution in [2.45, 2.75) is 83.8 Å². The standard InChI is InChI=1S/C19H32O2/c1-18-9-7-13(20)11-12(18)3-4-14-15-5-6-17(21)19(15,2)10-8-16(14)18/h12-17,20-21H,3-11H2,1-2H3/t12-,13+,14-,15+,16-,17+,18+,19-/m0/s1. The molecule has 4 aliphatic carbocycles. The lowest BCUT2D eigenvalue weighted by molar-refractivity contribution is -0.133. The van der Waals surface area contributed by atoms with Crippen molar-refractivity contribution in [1.82, 2.24) is 0 Å². The third kappa shape index (κ3) is 1.91. The fourth-order valence-corrected chi connectivity index (χ4v) is 7.21. The van der Waals surface area contributed by atoms with Gasteiger partial charge in [0.15, 0.2) is 0 Å². The van der Waals surface area contributed by atoms with Gasteiger partial charge in [0.2, 0.25) is 0 Å². The number of rotatable bonds is 0. The first-order valence-corrected chi connectivity index (χ1v) is 9.31. The Kier molecular flexibility index (Phi) is 3.25. The highest BCUT2D eigenvalue weighted by Gasteiger charge is 2.59. The van der Waals surface area contributed by atoms with E-state index in [4.69, 9.17) is 0 Å². The van der Waals surface area contributed by atoms with Gasteiger partial charge in [0.1, 0.15) is 0 Å². The van der Waals surface area contributed by atoms with Gasteiger partial charge in [0.05, 0.1) is 12.2 Å². The molecule has 4 saturated carbocycles. The molecule has 2 N–H and O–H groups in total. The van der Waals surface area contributed by atoms with Crippen LogP contribution >= 0.6 is 0 Å². The number of aliphatic hydroxyl groups is 2. The van der Waals surface area contributed by atoms with E-state index in [1.54, 1.807) is 0 Å². The molecular formula is C19H32O2. The minimum atomic E-state index is -0.0536. The van der Waals surface area contributed by atoms with Gasteiger partial charge in [-0.25, -0.2) is 0 Å². The Morgan fingerprint density at radius 2 is 1.48 bits per heavy atom. The SMILES string of the molecule is C[C@]12CC[C@H]3[C@@H](CC[C@H]4C[C@H](O)CC[C@]43C)[C@H]1CC[C@H]2O. The maximum atomic E-state index is 10.5. The Morgan fingerprint density at radius 3 is 2.29 bits per heavy atom. The molecule has 0 amide bonds. The molecule has 2 heteroatoms. The van der Waals surface area contributed by atoms with E-state index in [2.05, 4.69) is 13.8 Å². The van der Waals surface area contributed by atoms with E-state index in [0.717, 1.165) is 42.9 Å². The second-order valence-corrected chi connectivity index (χ2v) is 9.22. The van der Waals surface area contributed by atoms with Gasteiger partial charge in [-0.2, -0.15) is 0 Å². The summed E-state index contributed by atoms with van der Waals surface area (Å²) >= 11 is 0. The third-order valence-corrected chi connectivity index (χ3v) is 8.59. The minimum absolute atomic E-state index is 0.0400. The normalized spacial score (nSPS) is 60.0. The molecule has 0 saturated heterocycles. The van der Waals surface area contributed by atoms with Crippen molar-refractivity contribution in [3.8, 4) is 0 Å². The zero-order valence-corrected chi connectivity index (χ0v) is 13.7. The van der Waals surface area contributed by atoms with Crippen molar-refractivity contribution < 1.29 is 10.2 Å². The lowest BCUT2D eigenvalue weighted by Gasteiger charge is -2.60. The molecule has 0 aromatic rings. The average Bonchev–Trinajstić information content (AvgIpc) is 2.76. The Balaban J connectivity index is 1.62. The summed E-state index contributed by atoms with van der Waals surface area (Å²) in [5.74, 6) is 3.21. The summed E-state index contributed by atoms with van der Waals surface area (Å²) in [6, 6.07) is 0. The maximum absolute atomic E-state index is 10.5. The summed E-state index contributed by atoms with van der Waals surface area (Å²) in [5.41, 5.74) is 0.676. The Morgan fingerprint density at radius 1 is 0.762 bits per heavy atom. The number of hydrogen-bond donors (Lipinski definition) is 2. The summed E-state index contributed by atoms with van der Waals surface area (Å²) in [5, 5.41) is 20.5. The van der Waals surface area contributed by atoms with Crippen LogP contribution in [0.15, 0.2) is 0 Å². The Bertz CT molecular complexity index is 422. The molecule has 0 aliphatic heterocycles. The monoisotopic (exact) mass is 292 g/mol. The smallest absolute Gasteiger partial charge is 0.0596 e. The van der Waals surface area contributed by atoms with Crippen molar-refractivity contribution in [3.63, 3.8) is 0 Å². The van der Waals surface area contributed by atoms with Crippen LogP contribution in [0.4, 0.5) is 0 Å². The highest BCUT2D eigenvalue weighted by Crippen LogP contribution is 2.66. The topological polar surface area (TPSA) is 40.5 Å². The van der Waals surface area contributed by atoms with Crippen LogP contribution in [-0.2, 0) is 0 Å². The maximum Gasteiger partial charge on any atom is 0.0596 e. The molecule has 0 spiro atoms. The fraction of sp³-hybridized carbons (Fsp3) is 1.00. The molecule has 2 nitrogen and oxygen atoms in total. The second-order valence-electron chi connectivity index (χ2n) is 9.22. The third-order valence-electron chi connectivity index (χ3n) is 8.59. The molecule has 4 rings (SSSR count). The second kappa shape index (κ2) is 4.71. The fourth-order valence-electron chi connectivity index (χ4n) is 7.21. The van der Waals surface area contributed by atoms with Crippen LogP contribution in [0.2, 0.25) is 0 Å². The first-order chi connectivity index (χ1) is 9.95. The molecule has 8 atom stereocenters. The van der Waals surface area contributed by atoms with Crippen LogP contribution in [0, 0.1) is 34.5 Å². The van der Waals surface area contributed by atoms with Crippen molar-refractivity contribution in [2.24, 2.45) is 34.5 Å². The van der Waals surface area contributed by atoms with E-state index in [1.807, 2.05) is 0 Å². The number of hydrogen-bond acceptors (Lipinski definition) is 2. The molecule has 21 heavy (non-hydrogen) atoms. The summed E-state index contributed by atoms with van der Waals surface area (Å²) in [4.78, 5) is 0. The number of aliphatic hydroxyl groups excluding tert-OH is 2. The molecule has 4 aliphatic rings. The van der Waals surface area contributed by atoms with Gasteiger partial charge in [-0.3, -0.25) is 0 Å². The molecule has 0 heterocycles. The van der Waals surface area contributed by atoms with E-state index in [-0.39, 0.29) is 17.6 Å². The quantitative estimate of drug-likeness (QED) is 0.714. The first kappa shape index (κ1) is 14.5. The van der Waals surface area contributed by atoms with E-state index in [9.17, 15) is 10.2 Å². The predicted octanol–water partition coefficient (Wildman–Crippen LogP) is 3.75. The van der Waals surface area contributed by atoms with Gasteiger partial charge in [-0.1, -0.05) is 13.8 Å². The minimum Gasteiger partial charge on any atom is -0.393 e. The summed E-state index contributed by atoms with van der Waals surface area (Å²) < 4.78 is 0. The van der Waals surface area contributed by atoms with Crippen LogP contribution in [0.3, 0.4) is 0 Å². The molecule has 0 aromatic heterocycles. The first-order valence-electron chi connectivity index (χ1n) is 9.31. The van der Waals surface area contributed by atoms with Gasteiger partial charge in [-0.05, 0) is 92.3 Å². The van der Waals surface area contributed by atoms with E-state index in [1.165, 1.54) is 38.5 Å². The van der Waals surface area contributed by atoms with Gasteiger partial charge >= 0.3 is 0 Å². The van der Waals surface area contributed by atoms with Crippen LogP contribution in [-0.4, -0.2) is 22.4 Å². The zero-order valence-electron chi connectivity index (χ0n) is 13.7. The molecule has 120 valence electrons. The average molecular weight is 292 g/mol. The lowest BCUT2D eigenvalue weighted by Crippen LogP contribution is -2.54.